The van der Waals surface area contributed by atoms with Crippen LogP contribution in [0, 0.1) is 0 Å². The molecule has 0 aromatic heterocycles. The van der Waals surface area contributed by atoms with E-state index in [1.54, 1.807) is 0 Å². The molecule has 0 bridgehead atoms. The number of amides is 3. The van der Waals surface area contributed by atoms with Gasteiger partial charge in [0.2, 0.25) is 5.91 Å². The smallest absolute Gasteiger partial charge is 0.315 e. The molecule has 3 N–H and O–H groups in total. The van der Waals surface area contributed by atoms with Crippen molar-refractivity contribution in [2.45, 2.75) is 64.3 Å². The molecule has 1 aliphatic carbocycles. The third kappa shape index (κ3) is 7.70. The maximum Gasteiger partial charge on any atom is 0.315 e. The topological polar surface area (TPSA) is 70.2 Å². The van der Waals surface area contributed by atoms with Gasteiger partial charge in [-0.05, 0) is 19.3 Å². The molecular weight excluding hydrogens is 242 g/mol. The molecule has 5 heteroatoms. The van der Waals surface area contributed by atoms with Gasteiger partial charge in [-0.25, -0.2) is 4.79 Å². The van der Waals surface area contributed by atoms with E-state index in [0.717, 1.165) is 32.1 Å². The molecule has 0 aliphatic heterocycles. The second kappa shape index (κ2) is 9.64. The van der Waals surface area contributed by atoms with Crippen LogP contribution in [0.3, 0.4) is 0 Å². The van der Waals surface area contributed by atoms with E-state index < -0.39 is 0 Å². The Labute approximate surface area is 115 Å². The zero-order valence-corrected chi connectivity index (χ0v) is 12.0. The van der Waals surface area contributed by atoms with Crippen LogP contribution in [-0.4, -0.2) is 31.1 Å². The van der Waals surface area contributed by atoms with Crippen LogP contribution in [0.15, 0.2) is 0 Å². The van der Waals surface area contributed by atoms with Crippen molar-refractivity contribution >= 4 is 11.9 Å². The van der Waals surface area contributed by atoms with E-state index in [0.29, 0.717) is 6.54 Å². The lowest BCUT2D eigenvalue weighted by Crippen LogP contribution is -2.46. The number of nitrogens with one attached hydrogen (secondary N) is 3. The molecule has 1 aliphatic rings. The molecule has 19 heavy (non-hydrogen) atoms. The summed E-state index contributed by atoms with van der Waals surface area (Å²) < 4.78 is 0. The molecule has 0 aromatic carbocycles. The van der Waals surface area contributed by atoms with Crippen LogP contribution in [0.25, 0.3) is 0 Å². The molecule has 0 heterocycles. The van der Waals surface area contributed by atoms with E-state index >= 15 is 0 Å². The molecular formula is C14H27N3O2. The van der Waals surface area contributed by atoms with Crippen molar-refractivity contribution in [1.29, 1.82) is 0 Å². The van der Waals surface area contributed by atoms with Crippen molar-refractivity contribution in [2.75, 3.05) is 13.1 Å². The third-order valence-corrected chi connectivity index (χ3v) is 3.45. The standard InChI is InChI=1S/C14H27N3O2/c1-2-3-7-10-15-13(18)11-16-14(19)17-12-8-5-4-6-9-12/h12H,2-11H2,1H3,(H,15,18)(H2,16,17,19). The Bertz CT molecular complexity index is 276. The molecule has 5 nitrogen and oxygen atoms in total. The summed E-state index contributed by atoms with van der Waals surface area (Å²) in [6, 6.07) is 0.0528. The first-order valence-corrected chi connectivity index (χ1v) is 7.53. The molecule has 0 unspecified atom stereocenters. The fourth-order valence-electron chi connectivity index (χ4n) is 2.31. The highest BCUT2D eigenvalue weighted by Gasteiger charge is 2.15. The van der Waals surface area contributed by atoms with Crippen molar-refractivity contribution in [3.63, 3.8) is 0 Å². The van der Waals surface area contributed by atoms with Gasteiger partial charge in [0, 0.05) is 12.6 Å². The van der Waals surface area contributed by atoms with Gasteiger partial charge < -0.3 is 16.0 Å². The average Bonchev–Trinajstić information content (AvgIpc) is 2.42. The monoisotopic (exact) mass is 269 g/mol. The fourth-order valence-corrected chi connectivity index (χ4v) is 2.31. The van der Waals surface area contributed by atoms with Crippen molar-refractivity contribution in [3.05, 3.63) is 0 Å². The predicted molar refractivity (Wildman–Crippen MR) is 75.9 cm³/mol. The lowest BCUT2D eigenvalue weighted by atomic mass is 9.96. The van der Waals surface area contributed by atoms with Gasteiger partial charge in [-0.1, -0.05) is 39.0 Å². The second-order valence-corrected chi connectivity index (χ2v) is 5.22. The number of urea groups is 1. The Morgan fingerprint density at radius 1 is 1.05 bits per heavy atom. The van der Waals surface area contributed by atoms with E-state index in [-0.39, 0.29) is 24.5 Å². The minimum Gasteiger partial charge on any atom is -0.355 e. The summed E-state index contributed by atoms with van der Waals surface area (Å²) in [6.07, 6.45) is 8.99. The Kier molecular flexibility index (Phi) is 8.02. The highest BCUT2D eigenvalue weighted by Crippen LogP contribution is 2.16. The lowest BCUT2D eigenvalue weighted by Gasteiger charge is -2.22. The van der Waals surface area contributed by atoms with Crippen LogP contribution in [0.4, 0.5) is 4.79 Å². The molecule has 1 saturated carbocycles. The van der Waals surface area contributed by atoms with Gasteiger partial charge in [0.05, 0.1) is 6.54 Å². The van der Waals surface area contributed by atoms with Crippen molar-refractivity contribution < 1.29 is 9.59 Å². The summed E-state index contributed by atoms with van der Waals surface area (Å²) in [6.45, 7) is 2.88. The highest BCUT2D eigenvalue weighted by molar-refractivity contribution is 5.83. The Morgan fingerprint density at radius 2 is 1.79 bits per heavy atom. The van der Waals surface area contributed by atoms with Crippen LogP contribution in [0.2, 0.25) is 0 Å². The highest BCUT2D eigenvalue weighted by atomic mass is 16.2. The summed E-state index contributed by atoms with van der Waals surface area (Å²) >= 11 is 0. The molecule has 0 spiro atoms. The first-order valence-electron chi connectivity index (χ1n) is 7.53. The van der Waals surface area contributed by atoms with E-state index in [1.165, 1.54) is 19.3 Å². The number of hydrogen-bond acceptors (Lipinski definition) is 2. The minimum absolute atomic E-state index is 0.0602. The number of unbranched alkanes of at least 4 members (excludes halogenated alkanes) is 2. The van der Waals surface area contributed by atoms with Gasteiger partial charge in [-0.2, -0.15) is 0 Å². The Morgan fingerprint density at radius 3 is 2.47 bits per heavy atom. The van der Waals surface area contributed by atoms with Crippen LogP contribution < -0.4 is 16.0 Å². The number of rotatable bonds is 7. The first kappa shape index (κ1) is 15.8. The molecule has 0 atom stereocenters. The van der Waals surface area contributed by atoms with Crippen molar-refractivity contribution in [2.24, 2.45) is 0 Å². The quantitative estimate of drug-likeness (QED) is 0.618. The lowest BCUT2D eigenvalue weighted by molar-refractivity contribution is -0.120. The number of carbonyl (C=O) groups is 2. The Balaban J connectivity index is 2.03. The summed E-state index contributed by atoms with van der Waals surface area (Å²) in [5.41, 5.74) is 0. The zero-order chi connectivity index (χ0) is 13.9. The van der Waals surface area contributed by atoms with Gasteiger partial charge in [0.25, 0.3) is 0 Å². The second-order valence-electron chi connectivity index (χ2n) is 5.22. The van der Waals surface area contributed by atoms with E-state index in [1.807, 2.05) is 0 Å². The SMILES string of the molecule is CCCCCNC(=O)CNC(=O)NC1CCCCC1. The molecule has 0 radical (unpaired) electrons. The van der Waals surface area contributed by atoms with Crippen LogP contribution in [0.5, 0.6) is 0 Å². The molecule has 3 amide bonds. The third-order valence-electron chi connectivity index (χ3n) is 3.45. The maximum absolute atomic E-state index is 11.6. The van der Waals surface area contributed by atoms with E-state index in [9.17, 15) is 9.59 Å². The fraction of sp³-hybridized carbons (Fsp3) is 0.857. The van der Waals surface area contributed by atoms with Gasteiger partial charge in [-0.15, -0.1) is 0 Å². The van der Waals surface area contributed by atoms with Crippen LogP contribution >= 0.6 is 0 Å². The predicted octanol–water partition coefficient (Wildman–Crippen LogP) is 1.92. The summed E-state index contributed by atoms with van der Waals surface area (Å²) in [7, 11) is 0. The van der Waals surface area contributed by atoms with Gasteiger partial charge >= 0.3 is 6.03 Å². The first-order chi connectivity index (χ1) is 9.22. The average molecular weight is 269 g/mol. The molecule has 1 rings (SSSR count). The molecule has 0 aromatic rings. The van der Waals surface area contributed by atoms with Gasteiger partial charge in [-0.3, -0.25) is 4.79 Å². The minimum atomic E-state index is -0.226. The van der Waals surface area contributed by atoms with Crippen molar-refractivity contribution in [3.8, 4) is 0 Å². The van der Waals surface area contributed by atoms with Crippen LogP contribution in [-0.2, 0) is 4.79 Å². The molecule has 1 fully saturated rings. The zero-order valence-electron chi connectivity index (χ0n) is 12.0. The summed E-state index contributed by atoms with van der Waals surface area (Å²) in [4.78, 5) is 23.0. The summed E-state index contributed by atoms with van der Waals surface area (Å²) in [5, 5.41) is 8.32. The Hall–Kier alpha value is -1.26. The van der Waals surface area contributed by atoms with Crippen molar-refractivity contribution in [1.82, 2.24) is 16.0 Å². The largest absolute Gasteiger partial charge is 0.355 e. The number of hydrogen-bond donors (Lipinski definition) is 3. The van der Waals surface area contributed by atoms with Crippen LogP contribution in [0.1, 0.15) is 58.3 Å². The summed E-state index contributed by atoms with van der Waals surface area (Å²) in [5.74, 6) is -0.116. The molecule has 110 valence electrons. The number of carbonyl (C=O) groups excluding carboxylic acids is 2. The maximum atomic E-state index is 11.6. The normalized spacial score (nSPS) is 15.8. The van der Waals surface area contributed by atoms with Gasteiger partial charge in [0.15, 0.2) is 0 Å². The van der Waals surface area contributed by atoms with Gasteiger partial charge in [0.1, 0.15) is 0 Å². The van der Waals surface area contributed by atoms with E-state index in [4.69, 9.17) is 0 Å². The molecule has 0 saturated heterocycles. The van der Waals surface area contributed by atoms with E-state index in [2.05, 4.69) is 22.9 Å².